The molecule has 0 saturated heterocycles. The maximum Gasteiger partial charge on any atom is 0.512 e. The van der Waals surface area contributed by atoms with E-state index in [1.54, 1.807) is 4.90 Å². The zero-order chi connectivity index (χ0) is 20.3. The van der Waals surface area contributed by atoms with Gasteiger partial charge < -0.3 is 14.7 Å². The van der Waals surface area contributed by atoms with Crippen molar-refractivity contribution in [1.82, 2.24) is 0 Å². The highest BCUT2D eigenvalue weighted by Gasteiger charge is 2.29. The van der Waals surface area contributed by atoms with Gasteiger partial charge in [-0.05, 0) is 50.7 Å². The van der Waals surface area contributed by atoms with Gasteiger partial charge in [0.2, 0.25) is 5.06 Å². The van der Waals surface area contributed by atoms with Gasteiger partial charge in [-0.3, -0.25) is 4.79 Å². The molecule has 28 heavy (non-hydrogen) atoms. The first-order valence-corrected chi connectivity index (χ1v) is 10.3. The van der Waals surface area contributed by atoms with E-state index in [1.807, 2.05) is 56.3 Å². The van der Waals surface area contributed by atoms with Crippen molar-refractivity contribution in [2.24, 2.45) is 5.92 Å². The van der Waals surface area contributed by atoms with Crippen LogP contribution >= 0.6 is 11.3 Å². The maximum atomic E-state index is 13.3. The molecule has 0 aliphatic heterocycles. The zero-order valence-corrected chi connectivity index (χ0v) is 17.2. The van der Waals surface area contributed by atoms with Crippen molar-refractivity contribution in [3.63, 3.8) is 0 Å². The van der Waals surface area contributed by atoms with Gasteiger partial charge in [0.25, 0.3) is 5.91 Å². The molecule has 0 spiro atoms. The number of allylic oxidation sites excluding steroid dienone is 1. The summed E-state index contributed by atoms with van der Waals surface area (Å²) in [5, 5.41) is 9.40. The van der Waals surface area contributed by atoms with E-state index in [9.17, 15) is 14.7 Å². The molecule has 2 aromatic rings. The van der Waals surface area contributed by atoms with E-state index in [0.29, 0.717) is 11.6 Å². The number of nitrogens with zero attached hydrogens (tertiary/aromatic N) is 1. The Kier molecular flexibility index (Phi) is 6.19. The molecule has 148 valence electrons. The molecular formula is C22H25NO4S. The van der Waals surface area contributed by atoms with E-state index in [-0.39, 0.29) is 17.0 Å². The van der Waals surface area contributed by atoms with Gasteiger partial charge in [0.05, 0.1) is 5.69 Å². The minimum atomic E-state index is -1.38. The number of benzene rings is 1. The molecule has 1 amide bonds. The third kappa shape index (κ3) is 4.44. The van der Waals surface area contributed by atoms with Gasteiger partial charge in [0.1, 0.15) is 0 Å². The zero-order valence-electron chi connectivity index (χ0n) is 16.3. The minimum Gasteiger partial charge on any atom is -0.449 e. The quantitative estimate of drug-likeness (QED) is 0.630. The molecule has 0 bridgehead atoms. The highest BCUT2D eigenvalue weighted by molar-refractivity contribution is 7.18. The van der Waals surface area contributed by atoms with Crippen LogP contribution < -0.4 is 9.64 Å². The van der Waals surface area contributed by atoms with Crippen LogP contribution in [0.3, 0.4) is 0 Å². The Bertz CT molecular complexity index is 885. The lowest BCUT2D eigenvalue weighted by atomic mass is 9.90. The number of hydrogen-bond acceptors (Lipinski definition) is 4. The maximum absolute atomic E-state index is 13.3. The lowest BCUT2D eigenvalue weighted by Crippen LogP contribution is -2.38. The Hall–Kier alpha value is -2.60. The van der Waals surface area contributed by atoms with E-state index in [1.165, 1.54) is 11.3 Å². The lowest BCUT2D eigenvalue weighted by molar-refractivity contribution is -0.115. The number of carbonyl (C=O) groups is 2. The summed E-state index contributed by atoms with van der Waals surface area (Å²) < 4.78 is 5.06. The highest BCUT2D eigenvalue weighted by Crippen LogP contribution is 2.44. The Balaban J connectivity index is 2.03. The average Bonchev–Trinajstić information content (AvgIpc) is 3.05. The smallest absolute Gasteiger partial charge is 0.449 e. The first-order chi connectivity index (χ1) is 13.4. The molecule has 5 nitrogen and oxygen atoms in total. The van der Waals surface area contributed by atoms with Gasteiger partial charge in [-0.25, -0.2) is 4.79 Å². The van der Waals surface area contributed by atoms with Crippen LogP contribution in [0.4, 0.5) is 10.5 Å². The van der Waals surface area contributed by atoms with Crippen LogP contribution in [0.1, 0.15) is 40.0 Å². The number of amides is 1. The van der Waals surface area contributed by atoms with Crippen molar-refractivity contribution in [1.29, 1.82) is 0 Å². The SMILES string of the molecule is CC(C)N(C(=O)C1=CC[C@@H](C)CC1)c1cc(-c2ccccc2)sc1OC(=O)O. The van der Waals surface area contributed by atoms with Crippen molar-refractivity contribution in [2.75, 3.05) is 4.90 Å². The predicted molar refractivity (Wildman–Crippen MR) is 112 cm³/mol. The Labute approximate surface area is 169 Å². The molecule has 0 fully saturated rings. The van der Waals surface area contributed by atoms with Gasteiger partial charge in [0.15, 0.2) is 0 Å². The van der Waals surface area contributed by atoms with Crippen LogP contribution in [0, 0.1) is 5.92 Å². The first-order valence-electron chi connectivity index (χ1n) is 9.49. The number of anilines is 1. The fourth-order valence-corrected chi connectivity index (χ4v) is 4.37. The van der Waals surface area contributed by atoms with Gasteiger partial charge in [-0.15, -0.1) is 0 Å². The van der Waals surface area contributed by atoms with Crippen LogP contribution in [-0.2, 0) is 4.79 Å². The Morgan fingerprint density at radius 3 is 2.54 bits per heavy atom. The molecule has 6 heteroatoms. The fourth-order valence-electron chi connectivity index (χ4n) is 3.37. The summed E-state index contributed by atoms with van der Waals surface area (Å²) in [6, 6.07) is 11.4. The molecule has 1 aliphatic carbocycles. The summed E-state index contributed by atoms with van der Waals surface area (Å²) >= 11 is 1.23. The molecule has 1 heterocycles. The number of carbonyl (C=O) groups excluding carboxylic acids is 1. The third-order valence-corrected chi connectivity index (χ3v) is 5.91. The van der Waals surface area contributed by atoms with Gasteiger partial charge in [-0.2, -0.15) is 0 Å². The summed E-state index contributed by atoms with van der Waals surface area (Å²) in [4.78, 5) is 27.0. The van der Waals surface area contributed by atoms with Crippen molar-refractivity contribution in [2.45, 2.75) is 46.1 Å². The average molecular weight is 400 g/mol. The van der Waals surface area contributed by atoms with E-state index in [4.69, 9.17) is 4.74 Å². The van der Waals surface area contributed by atoms with E-state index < -0.39 is 6.16 Å². The first kappa shape index (κ1) is 20.1. The standard InChI is InChI=1S/C22H25NO4S/c1-14(2)23(20(24)17-11-9-15(3)10-12-17)18-13-19(16-7-5-4-6-8-16)28-21(18)27-22(25)26/h4-8,11,13-15H,9-10,12H2,1-3H3,(H,25,26)/t15-/m1/s1. The molecule has 0 radical (unpaired) electrons. The van der Waals surface area contributed by atoms with Crippen LogP contribution in [0.15, 0.2) is 48.0 Å². The monoisotopic (exact) mass is 399 g/mol. The summed E-state index contributed by atoms with van der Waals surface area (Å²) in [5.74, 6) is 0.510. The van der Waals surface area contributed by atoms with Crippen molar-refractivity contribution >= 4 is 29.1 Å². The number of rotatable bonds is 5. The van der Waals surface area contributed by atoms with Gasteiger partial charge in [-0.1, -0.05) is 54.7 Å². The van der Waals surface area contributed by atoms with E-state index in [2.05, 4.69) is 6.92 Å². The summed E-state index contributed by atoms with van der Waals surface area (Å²) in [5.41, 5.74) is 2.25. The Morgan fingerprint density at radius 1 is 1.25 bits per heavy atom. The third-order valence-electron chi connectivity index (χ3n) is 4.86. The van der Waals surface area contributed by atoms with Crippen LogP contribution in [0.2, 0.25) is 0 Å². The van der Waals surface area contributed by atoms with Crippen LogP contribution in [0.5, 0.6) is 5.06 Å². The van der Waals surface area contributed by atoms with E-state index >= 15 is 0 Å². The summed E-state index contributed by atoms with van der Waals surface area (Å²) in [7, 11) is 0. The predicted octanol–water partition coefficient (Wildman–Crippen LogP) is 5.96. The second-order valence-corrected chi connectivity index (χ2v) is 8.41. The van der Waals surface area contributed by atoms with Crippen molar-refractivity contribution < 1.29 is 19.4 Å². The molecular weight excluding hydrogens is 374 g/mol. The normalized spacial score (nSPS) is 16.6. The minimum absolute atomic E-state index is 0.0745. The number of thiophene rings is 1. The molecule has 1 aromatic heterocycles. The van der Waals surface area contributed by atoms with Crippen molar-refractivity contribution in [3.05, 3.63) is 48.0 Å². The van der Waals surface area contributed by atoms with E-state index in [0.717, 1.165) is 35.3 Å². The second-order valence-electron chi connectivity index (χ2n) is 7.40. The highest BCUT2D eigenvalue weighted by atomic mass is 32.1. The van der Waals surface area contributed by atoms with Crippen LogP contribution in [0.25, 0.3) is 10.4 Å². The largest absolute Gasteiger partial charge is 0.512 e. The fraction of sp³-hybridized carbons (Fsp3) is 0.364. The second kappa shape index (κ2) is 8.61. The van der Waals surface area contributed by atoms with Crippen molar-refractivity contribution in [3.8, 4) is 15.5 Å². The van der Waals surface area contributed by atoms with Gasteiger partial charge >= 0.3 is 6.16 Å². The number of carboxylic acid groups (broad SMARTS) is 1. The molecule has 1 aliphatic rings. The van der Waals surface area contributed by atoms with Crippen LogP contribution in [-0.4, -0.2) is 23.2 Å². The number of hydrogen-bond donors (Lipinski definition) is 1. The molecule has 1 aromatic carbocycles. The summed E-state index contributed by atoms with van der Waals surface area (Å²) in [6.07, 6.45) is 3.26. The Morgan fingerprint density at radius 2 is 1.96 bits per heavy atom. The van der Waals surface area contributed by atoms with Gasteiger partial charge in [0, 0.05) is 16.5 Å². The molecule has 3 rings (SSSR count). The molecule has 1 atom stereocenters. The molecule has 1 N–H and O–H groups in total. The number of ether oxygens (including phenoxy) is 1. The molecule has 0 unspecified atom stereocenters. The lowest BCUT2D eigenvalue weighted by Gasteiger charge is -2.29. The molecule has 0 saturated carbocycles. The summed E-state index contributed by atoms with van der Waals surface area (Å²) in [6.45, 7) is 6.03. The topological polar surface area (TPSA) is 66.8 Å².